The van der Waals surface area contributed by atoms with Gasteiger partial charge in [-0.05, 0) is 154 Å². The van der Waals surface area contributed by atoms with Crippen LogP contribution in [0, 0.1) is 23.7 Å². The van der Waals surface area contributed by atoms with Crippen molar-refractivity contribution < 1.29 is 19.0 Å². The van der Waals surface area contributed by atoms with Gasteiger partial charge in [0.2, 0.25) is 0 Å². The van der Waals surface area contributed by atoms with Crippen LogP contribution in [0.25, 0.3) is 44.2 Å². The van der Waals surface area contributed by atoms with Crippen molar-refractivity contribution in [2.75, 3.05) is 0 Å². The summed E-state index contributed by atoms with van der Waals surface area (Å²) in [7, 11) is 0. The zero-order chi connectivity index (χ0) is 50.2. The maximum absolute atomic E-state index is 13.0. The standard InChI is InChI=1S/C31H27ClN2O3.C30H25ClN2O3/c1-31(36)16-25-11-12-26(17-31)34(25)19-27-15-29(35)28-14-20(3-13-30(28)37-27)2-9-24-10-6-22(18-33-24)21-4-7-23(32)8-5-21;31-22-6-3-20(4-7-22)21-5-9-23(32-17-21)8-1-19-2-12-30-28(13-19)29(35)16-27(36-30)18-33-24-10-11-25(33)15-26(34)14-24/h3-8,10,13-15,18,25-26,36H,11-12,16-17,19H2,1H3;2-7,9,12-13,16-17,24-26,34H,10-11,14-15,18H2. The van der Waals surface area contributed by atoms with E-state index in [1.54, 1.807) is 36.7 Å². The maximum Gasteiger partial charge on any atom is 0.193 e. The van der Waals surface area contributed by atoms with Gasteiger partial charge in [0.15, 0.2) is 10.9 Å². The zero-order valence-corrected chi connectivity index (χ0v) is 41.7. The summed E-state index contributed by atoms with van der Waals surface area (Å²) >= 11 is 11.9. The monoisotopic (exact) mass is 1010 g/mol. The Kier molecular flexibility index (Phi) is 13.6. The second-order valence-electron chi connectivity index (χ2n) is 20.1. The molecular formula is C61H52Cl2N4O6. The van der Waals surface area contributed by atoms with Gasteiger partial charge in [0.05, 0.1) is 35.6 Å². The third-order valence-electron chi connectivity index (χ3n) is 14.8. The third-order valence-corrected chi connectivity index (χ3v) is 15.3. The summed E-state index contributed by atoms with van der Waals surface area (Å²) in [6.45, 7) is 3.13. The van der Waals surface area contributed by atoms with Gasteiger partial charge >= 0.3 is 0 Å². The highest BCUT2D eigenvalue weighted by atomic mass is 35.5. The number of aliphatic hydroxyl groups excluding tert-OH is 1. The van der Waals surface area contributed by atoms with Crippen LogP contribution < -0.4 is 10.9 Å². The van der Waals surface area contributed by atoms with Crippen molar-refractivity contribution >= 4 is 45.1 Å². The van der Waals surface area contributed by atoms with Crippen molar-refractivity contribution in [3.8, 4) is 45.9 Å². The van der Waals surface area contributed by atoms with Gasteiger partial charge < -0.3 is 19.0 Å². The number of rotatable bonds is 6. The highest BCUT2D eigenvalue weighted by Crippen LogP contribution is 2.42. The molecule has 4 bridgehead atoms. The molecular weight excluding hydrogens is 956 g/mol. The first-order chi connectivity index (χ1) is 35.3. The molecule has 0 amide bonds. The van der Waals surface area contributed by atoms with Crippen LogP contribution in [0.15, 0.2) is 152 Å². The van der Waals surface area contributed by atoms with E-state index < -0.39 is 5.60 Å². The molecule has 2 N–H and O–H groups in total. The van der Waals surface area contributed by atoms with Gasteiger partial charge in [-0.3, -0.25) is 19.4 Å². The van der Waals surface area contributed by atoms with Gasteiger partial charge in [-0.1, -0.05) is 71.4 Å². The van der Waals surface area contributed by atoms with Crippen LogP contribution in [0.4, 0.5) is 0 Å². The fraction of sp³-hybridized carbons (Fsp3) is 0.279. The molecule has 0 saturated carbocycles. The molecule has 8 heterocycles. The lowest BCUT2D eigenvalue weighted by Gasteiger charge is -2.41. The Labute approximate surface area is 433 Å². The normalized spacial score (nSPS) is 22.2. The van der Waals surface area contributed by atoms with Crippen LogP contribution in [-0.2, 0) is 13.1 Å². The summed E-state index contributed by atoms with van der Waals surface area (Å²) in [6.07, 6.45) is 10.9. The second-order valence-corrected chi connectivity index (χ2v) is 21.0. The zero-order valence-electron chi connectivity index (χ0n) is 40.2. The van der Waals surface area contributed by atoms with E-state index in [2.05, 4.69) is 43.4 Å². The molecule has 4 unspecified atom stereocenters. The van der Waals surface area contributed by atoms with Crippen LogP contribution in [0.1, 0.15) is 92.3 Å². The van der Waals surface area contributed by atoms with Crippen LogP contribution in [-0.4, -0.2) is 65.9 Å². The molecule has 4 aliphatic rings. The maximum atomic E-state index is 13.0. The number of aromatic nitrogens is 2. The van der Waals surface area contributed by atoms with E-state index in [0.29, 0.717) is 92.1 Å². The van der Waals surface area contributed by atoms with Crippen LogP contribution in [0.5, 0.6) is 0 Å². The van der Waals surface area contributed by atoms with E-state index >= 15 is 0 Å². The van der Waals surface area contributed by atoms with Crippen molar-refractivity contribution in [3.05, 3.63) is 198 Å². The lowest BCUT2D eigenvalue weighted by atomic mass is 9.88. The molecule has 4 aromatic carbocycles. The second kappa shape index (κ2) is 20.6. The summed E-state index contributed by atoms with van der Waals surface area (Å²) in [5.41, 5.74) is 7.22. The molecule has 4 fully saturated rings. The number of halogens is 2. The number of piperidine rings is 2. The largest absolute Gasteiger partial charge is 0.459 e. The first-order valence-electron chi connectivity index (χ1n) is 24.9. The fourth-order valence-electron chi connectivity index (χ4n) is 11.2. The molecule has 8 aromatic rings. The molecule has 4 aliphatic heterocycles. The first-order valence-corrected chi connectivity index (χ1v) is 25.6. The Morgan fingerprint density at radius 2 is 0.973 bits per heavy atom. The highest BCUT2D eigenvalue weighted by molar-refractivity contribution is 6.31. The predicted molar refractivity (Wildman–Crippen MR) is 286 cm³/mol. The van der Waals surface area contributed by atoms with E-state index in [1.165, 1.54) is 0 Å². The number of nitrogens with zero attached hydrogens (tertiary/aromatic N) is 4. The quantitative estimate of drug-likeness (QED) is 0.155. The highest BCUT2D eigenvalue weighted by Gasteiger charge is 2.45. The molecule has 12 heteroatoms. The van der Waals surface area contributed by atoms with Gasteiger partial charge in [0.1, 0.15) is 34.1 Å². The van der Waals surface area contributed by atoms with Crippen molar-refractivity contribution in [1.29, 1.82) is 0 Å². The number of benzene rings is 4. The van der Waals surface area contributed by atoms with Crippen molar-refractivity contribution in [2.24, 2.45) is 0 Å². The molecule has 10 nitrogen and oxygen atoms in total. The Balaban J connectivity index is 0.000000157. The Morgan fingerprint density at radius 1 is 0.562 bits per heavy atom. The summed E-state index contributed by atoms with van der Waals surface area (Å²) in [5.74, 6) is 13.7. The Morgan fingerprint density at radius 3 is 1.40 bits per heavy atom. The van der Waals surface area contributed by atoms with Gasteiger partial charge in [-0.25, -0.2) is 9.97 Å². The topological polar surface area (TPSA) is 133 Å². The van der Waals surface area contributed by atoms with Gasteiger partial charge in [0, 0.05) is 81.0 Å². The van der Waals surface area contributed by atoms with Crippen molar-refractivity contribution in [1.82, 2.24) is 19.8 Å². The minimum Gasteiger partial charge on any atom is -0.459 e. The van der Waals surface area contributed by atoms with E-state index in [-0.39, 0.29) is 17.0 Å². The van der Waals surface area contributed by atoms with Crippen LogP contribution >= 0.6 is 23.2 Å². The van der Waals surface area contributed by atoms with Gasteiger partial charge in [0.25, 0.3) is 0 Å². The molecule has 4 atom stereocenters. The Bertz CT molecular complexity index is 3560. The molecule has 366 valence electrons. The van der Waals surface area contributed by atoms with E-state index in [0.717, 1.165) is 84.7 Å². The predicted octanol–water partition coefficient (Wildman–Crippen LogP) is 11.2. The molecule has 12 rings (SSSR count). The number of hydrogen-bond donors (Lipinski definition) is 2. The SMILES string of the molecule is CC1(O)CC2CCC(C1)N2Cc1cc(=O)c2cc(C#Cc3ccc(-c4ccc(Cl)cc4)cn3)ccc2o1.O=c1cc(CN2C3CCC2CC(O)C3)oc2ccc(C#Cc3ccc(-c4ccc(Cl)cc4)cn3)cc12. The number of hydrogen-bond acceptors (Lipinski definition) is 10. The van der Waals surface area contributed by atoms with Crippen LogP contribution in [0.2, 0.25) is 10.0 Å². The van der Waals surface area contributed by atoms with Crippen molar-refractivity contribution in [2.45, 2.75) is 107 Å². The lowest BCUT2D eigenvalue weighted by Crippen LogP contribution is -2.49. The van der Waals surface area contributed by atoms with Gasteiger partial charge in [-0.15, -0.1) is 0 Å². The average Bonchev–Trinajstić information content (AvgIpc) is 3.77. The summed E-state index contributed by atoms with van der Waals surface area (Å²) in [6, 6.07) is 38.5. The summed E-state index contributed by atoms with van der Waals surface area (Å²) in [5, 5.41) is 23.0. The van der Waals surface area contributed by atoms with Crippen LogP contribution in [0.3, 0.4) is 0 Å². The molecule has 4 aromatic heterocycles. The van der Waals surface area contributed by atoms with Gasteiger partial charge in [-0.2, -0.15) is 0 Å². The molecule has 0 spiro atoms. The molecule has 4 saturated heterocycles. The first kappa shape index (κ1) is 48.4. The number of pyridine rings is 2. The fourth-order valence-corrected chi connectivity index (χ4v) is 11.5. The molecule has 0 radical (unpaired) electrons. The van der Waals surface area contributed by atoms with E-state index in [4.69, 9.17) is 32.0 Å². The number of aliphatic hydroxyl groups is 2. The van der Waals surface area contributed by atoms with E-state index in [1.807, 2.05) is 104 Å². The summed E-state index contributed by atoms with van der Waals surface area (Å²) in [4.78, 5) is 39.6. The minimum atomic E-state index is -0.599. The average molecular weight is 1010 g/mol. The van der Waals surface area contributed by atoms with E-state index in [9.17, 15) is 19.8 Å². The lowest BCUT2D eigenvalue weighted by molar-refractivity contribution is -0.0429. The smallest absolute Gasteiger partial charge is 0.193 e. The number of fused-ring (bicyclic) bond motifs is 6. The third kappa shape index (κ3) is 11.1. The minimum absolute atomic E-state index is 0.0651. The molecule has 73 heavy (non-hydrogen) atoms. The van der Waals surface area contributed by atoms with Crippen molar-refractivity contribution in [3.63, 3.8) is 0 Å². The Hall–Kier alpha value is -6.86. The molecule has 0 aliphatic carbocycles. The summed E-state index contributed by atoms with van der Waals surface area (Å²) < 4.78 is 12.2.